The lowest BCUT2D eigenvalue weighted by atomic mass is 10.1. The second-order valence-electron chi connectivity index (χ2n) is 7.57. The highest BCUT2D eigenvalue weighted by Crippen LogP contribution is 2.29. The minimum Gasteiger partial charge on any atom is -0.477 e. The summed E-state index contributed by atoms with van der Waals surface area (Å²) in [5, 5.41) is 3.24. The zero-order valence-electron chi connectivity index (χ0n) is 18.7. The minimum atomic E-state index is -0.757. The average Bonchev–Trinajstić information content (AvgIpc) is 2.86. The molecule has 9 nitrogen and oxygen atoms in total. The van der Waals surface area contributed by atoms with E-state index in [1.807, 2.05) is 18.2 Å². The monoisotopic (exact) mass is 449 g/mol. The largest absolute Gasteiger partial charge is 0.477 e. The first-order valence-corrected chi connectivity index (χ1v) is 10.7. The molecule has 0 bridgehead atoms. The van der Waals surface area contributed by atoms with E-state index in [2.05, 4.69) is 37.1 Å². The van der Waals surface area contributed by atoms with E-state index in [4.69, 9.17) is 15.2 Å². The van der Waals surface area contributed by atoms with Crippen LogP contribution in [0.3, 0.4) is 0 Å². The van der Waals surface area contributed by atoms with E-state index >= 15 is 0 Å². The summed E-state index contributed by atoms with van der Waals surface area (Å²) < 4.78 is 15.7. The molecule has 1 unspecified atom stereocenters. The highest BCUT2D eigenvalue weighted by Gasteiger charge is 2.17. The van der Waals surface area contributed by atoms with Gasteiger partial charge in [-0.25, -0.2) is 14.8 Å². The molecule has 3 aromatic rings. The van der Waals surface area contributed by atoms with Gasteiger partial charge in [0.05, 0.1) is 31.7 Å². The quantitative estimate of drug-likeness (QED) is 0.415. The SMILES string of the molecule is COC(=O)C(C)Oc1ccc(-c2ccnc(Nc3ccc(N4CCOCC4)cc3)n2)cc1N. The molecule has 0 radical (unpaired) electrons. The molecule has 1 fully saturated rings. The maximum Gasteiger partial charge on any atom is 0.346 e. The molecule has 2 heterocycles. The van der Waals surface area contributed by atoms with Crippen LogP contribution in [-0.2, 0) is 14.3 Å². The second kappa shape index (κ2) is 10.2. The number of nitrogens with zero attached hydrogens (tertiary/aromatic N) is 3. The summed E-state index contributed by atoms with van der Waals surface area (Å²) in [5.41, 5.74) is 10.1. The molecular weight excluding hydrogens is 422 g/mol. The number of ether oxygens (including phenoxy) is 3. The fourth-order valence-electron chi connectivity index (χ4n) is 3.51. The van der Waals surface area contributed by atoms with E-state index < -0.39 is 12.1 Å². The van der Waals surface area contributed by atoms with Gasteiger partial charge in [0.1, 0.15) is 5.75 Å². The number of anilines is 4. The van der Waals surface area contributed by atoms with Gasteiger partial charge in [0, 0.05) is 36.2 Å². The number of aromatic nitrogens is 2. The molecule has 4 rings (SSSR count). The van der Waals surface area contributed by atoms with Crippen molar-refractivity contribution in [2.45, 2.75) is 13.0 Å². The number of nitrogens with two attached hydrogens (primary N) is 1. The van der Waals surface area contributed by atoms with E-state index in [9.17, 15) is 4.79 Å². The number of methoxy groups -OCH3 is 1. The summed E-state index contributed by atoms with van der Waals surface area (Å²) in [7, 11) is 1.31. The molecule has 0 saturated carbocycles. The molecule has 1 atom stereocenters. The van der Waals surface area contributed by atoms with Crippen LogP contribution in [0.2, 0.25) is 0 Å². The van der Waals surface area contributed by atoms with Gasteiger partial charge in [-0.05, 0) is 55.5 Å². The normalized spacial score (nSPS) is 14.4. The molecule has 0 aliphatic carbocycles. The Morgan fingerprint density at radius 2 is 1.91 bits per heavy atom. The van der Waals surface area contributed by atoms with E-state index in [1.165, 1.54) is 7.11 Å². The van der Waals surface area contributed by atoms with Gasteiger partial charge in [0.2, 0.25) is 5.95 Å². The Labute approximate surface area is 192 Å². The van der Waals surface area contributed by atoms with Gasteiger partial charge in [-0.2, -0.15) is 0 Å². The molecule has 1 saturated heterocycles. The van der Waals surface area contributed by atoms with Crippen LogP contribution in [0.4, 0.5) is 23.0 Å². The molecule has 2 aromatic carbocycles. The van der Waals surface area contributed by atoms with Crippen molar-refractivity contribution in [1.29, 1.82) is 0 Å². The Hall–Kier alpha value is -3.85. The average molecular weight is 450 g/mol. The predicted octanol–water partition coefficient (Wildman–Crippen LogP) is 3.25. The van der Waals surface area contributed by atoms with Crippen LogP contribution in [0, 0.1) is 0 Å². The molecule has 33 heavy (non-hydrogen) atoms. The van der Waals surface area contributed by atoms with Crippen molar-refractivity contribution < 1.29 is 19.0 Å². The Morgan fingerprint density at radius 3 is 2.61 bits per heavy atom. The molecule has 0 amide bonds. The summed E-state index contributed by atoms with van der Waals surface area (Å²) in [5.74, 6) is 0.414. The van der Waals surface area contributed by atoms with Crippen molar-refractivity contribution in [2.75, 3.05) is 49.4 Å². The zero-order valence-corrected chi connectivity index (χ0v) is 18.7. The first-order chi connectivity index (χ1) is 16.0. The molecule has 1 aliphatic rings. The lowest BCUT2D eigenvalue weighted by Gasteiger charge is -2.28. The summed E-state index contributed by atoms with van der Waals surface area (Å²) >= 11 is 0. The van der Waals surface area contributed by atoms with Gasteiger partial charge in [-0.1, -0.05) is 0 Å². The Morgan fingerprint density at radius 1 is 1.15 bits per heavy atom. The first kappa shape index (κ1) is 22.3. The summed E-state index contributed by atoms with van der Waals surface area (Å²) in [6, 6.07) is 15.3. The molecule has 3 N–H and O–H groups in total. The van der Waals surface area contributed by atoms with Gasteiger partial charge in [-0.3, -0.25) is 0 Å². The standard InChI is InChI=1S/C24H27N5O4/c1-16(23(30)31-2)33-22-8-3-17(15-20(22)25)21-9-10-26-24(28-21)27-18-4-6-19(7-5-18)29-11-13-32-14-12-29/h3-10,15-16H,11-14,25H2,1-2H3,(H,26,27,28). The molecule has 172 valence electrons. The molecule has 0 spiro atoms. The van der Waals surface area contributed by atoms with Crippen LogP contribution < -0.4 is 20.7 Å². The van der Waals surface area contributed by atoms with Crippen molar-refractivity contribution in [1.82, 2.24) is 9.97 Å². The molecular formula is C24H27N5O4. The third-order valence-corrected chi connectivity index (χ3v) is 5.30. The highest BCUT2D eigenvalue weighted by atomic mass is 16.6. The number of carbonyl (C=O) groups excluding carboxylic acids is 1. The summed E-state index contributed by atoms with van der Waals surface area (Å²) in [4.78, 5) is 22.8. The van der Waals surface area contributed by atoms with Crippen molar-refractivity contribution in [3.05, 3.63) is 54.7 Å². The number of morpholine rings is 1. The van der Waals surface area contributed by atoms with Crippen LogP contribution in [0.25, 0.3) is 11.3 Å². The molecule has 1 aromatic heterocycles. The van der Waals surface area contributed by atoms with E-state index in [0.717, 1.165) is 43.2 Å². The third kappa shape index (κ3) is 5.50. The van der Waals surface area contributed by atoms with Crippen molar-refractivity contribution >= 4 is 29.0 Å². The van der Waals surface area contributed by atoms with Crippen LogP contribution in [0.1, 0.15) is 6.92 Å². The summed E-state index contributed by atoms with van der Waals surface area (Å²) in [6.07, 6.45) is 0.930. The fraction of sp³-hybridized carbons (Fsp3) is 0.292. The topological polar surface area (TPSA) is 112 Å². The van der Waals surface area contributed by atoms with Gasteiger partial charge < -0.3 is 30.2 Å². The zero-order chi connectivity index (χ0) is 23.2. The van der Waals surface area contributed by atoms with Crippen LogP contribution >= 0.6 is 0 Å². The predicted molar refractivity (Wildman–Crippen MR) is 127 cm³/mol. The lowest BCUT2D eigenvalue weighted by Crippen LogP contribution is -2.36. The van der Waals surface area contributed by atoms with Gasteiger partial charge in [0.15, 0.2) is 6.10 Å². The molecule has 9 heteroatoms. The third-order valence-electron chi connectivity index (χ3n) is 5.30. The smallest absolute Gasteiger partial charge is 0.346 e. The minimum absolute atomic E-state index is 0.398. The fourth-order valence-corrected chi connectivity index (χ4v) is 3.51. The Kier molecular flexibility index (Phi) is 6.89. The number of esters is 1. The summed E-state index contributed by atoms with van der Waals surface area (Å²) in [6.45, 7) is 4.90. The second-order valence-corrected chi connectivity index (χ2v) is 7.57. The Bertz CT molecular complexity index is 1100. The van der Waals surface area contributed by atoms with Gasteiger partial charge in [0.25, 0.3) is 0 Å². The number of benzene rings is 2. The number of rotatable bonds is 7. The van der Waals surface area contributed by atoms with Crippen LogP contribution in [-0.4, -0.2) is 55.5 Å². The number of carbonyl (C=O) groups is 1. The van der Waals surface area contributed by atoms with E-state index in [1.54, 1.807) is 31.3 Å². The lowest BCUT2D eigenvalue weighted by molar-refractivity contribution is -0.147. The van der Waals surface area contributed by atoms with Crippen LogP contribution in [0.15, 0.2) is 54.7 Å². The van der Waals surface area contributed by atoms with E-state index in [-0.39, 0.29) is 0 Å². The number of hydrogen-bond acceptors (Lipinski definition) is 9. The maximum absolute atomic E-state index is 11.6. The first-order valence-electron chi connectivity index (χ1n) is 10.7. The number of hydrogen-bond donors (Lipinski definition) is 2. The van der Waals surface area contributed by atoms with Crippen LogP contribution in [0.5, 0.6) is 5.75 Å². The maximum atomic E-state index is 11.6. The van der Waals surface area contributed by atoms with Gasteiger partial charge >= 0.3 is 5.97 Å². The van der Waals surface area contributed by atoms with Crippen molar-refractivity contribution in [2.24, 2.45) is 0 Å². The van der Waals surface area contributed by atoms with Crippen molar-refractivity contribution in [3.63, 3.8) is 0 Å². The Balaban J connectivity index is 1.45. The van der Waals surface area contributed by atoms with Crippen molar-refractivity contribution in [3.8, 4) is 17.0 Å². The number of nitrogens with one attached hydrogen (secondary N) is 1. The highest BCUT2D eigenvalue weighted by molar-refractivity contribution is 5.75. The number of nitrogen functional groups attached to an aromatic ring is 1. The van der Waals surface area contributed by atoms with Gasteiger partial charge in [-0.15, -0.1) is 0 Å². The van der Waals surface area contributed by atoms with E-state index in [0.29, 0.717) is 23.1 Å². The molecule has 1 aliphatic heterocycles.